The SMILES string of the molecule is O=C(Oc1c(-c2cc3n(n2)CCCC32CCNC2)cnc2[nH]cc(Cl)c12)C(F)(F)F. The third kappa shape index (κ3) is 2.97. The minimum Gasteiger partial charge on any atom is -0.418 e. The van der Waals surface area contributed by atoms with E-state index in [4.69, 9.17) is 16.3 Å². The molecule has 5 rings (SSSR count). The van der Waals surface area contributed by atoms with E-state index in [1.807, 2.05) is 10.7 Å². The van der Waals surface area contributed by atoms with Gasteiger partial charge in [-0.3, -0.25) is 4.68 Å². The van der Waals surface area contributed by atoms with Gasteiger partial charge in [-0.15, -0.1) is 0 Å². The highest BCUT2D eigenvalue weighted by atomic mass is 35.5. The molecule has 11 heteroatoms. The number of carbonyl (C=O) groups is 1. The number of ether oxygens (including phenoxy) is 1. The number of aromatic nitrogens is 4. The number of nitrogens with zero attached hydrogens (tertiary/aromatic N) is 3. The normalized spacial score (nSPS) is 21.3. The number of halogens is 4. The second-order valence-corrected chi connectivity index (χ2v) is 8.10. The zero-order valence-electron chi connectivity index (χ0n) is 15.6. The number of hydrogen-bond donors (Lipinski definition) is 2. The summed E-state index contributed by atoms with van der Waals surface area (Å²) in [6.07, 6.45) is 0.527. The minimum absolute atomic E-state index is 0.0461. The lowest BCUT2D eigenvalue weighted by Gasteiger charge is -2.33. The van der Waals surface area contributed by atoms with Crippen LogP contribution in [0.1, 0.15) is 25.0 Å². The van der Waals surface area contributed by atoms with E-state index in [9.17, 15) is 18.0 Å². The lowest BCUT2D eigenvalue weighted by molar-refractivity contribution is -0.189. The Morgan fingerprint density at radius 1 is 1.33 bits per heavy atom. The number of alkyl halides is 3. The number of pyridine rings is 1. The van der Waals surface area contributed by atoms with Crippen molar-refractivity contribution in [3.63, 3.8) is 0 Å². The number of rotatable bonds is 2. The Hall–Kier alpha value is -2.59. The number of hydrogen-bond acceptors (Lipinski definition) is 5. The standard InChI is InChI=1S/C19H17ClF3N5O2/c20-11-8-26-16-14(11)15(30-17(29)19(21,22)23)10(7-25-16)12-6-13-18(3-4-24-9-18)2-1-5-28(13)27-12/h6-8,24H,1-5,9H2,(H,25,26). The summed E-state index contributed by atoms with van der Waals surface area (Å²) in [6.45, 7) is 2.45. The van der Waals surface area contributed by atoms with Crippen LogP contribution in [-0.2, 0) is 16.8 Å². The monoisotopic (exact) mass is 439 g/mol. The maximum Gasteiger partial charge on any atom is 0.491 e. The summed E-state index contributed by atoms with van der Waals surface area (Å²) in [4.78, 5) is 18.6. The van der Waals surface area contributed by atoms with Crippen molar-refractivity contribution in [2.75, 3.05) is 13.1 Å². The van der Waals surface area contributed by atoms with Gasteiger partial charge in [-0.1, -0.05) is 11.6 Å². The maximum absolute atomic E-state index is 12.9. The van der Waals surface area contributed by atoms with Gasteiger partial charge in [0.1, 0.15) is 5.65 Å². The van der Waals surface area contributed by atoms with Crippen molar-refractivity contribution in [2.24, 2.45) is 0 Å². The Kier molecular flexibility index (Phi) is 4.33. The second-order valence-electron chi connectivity index (χ2n) is 7.70. The van der Waals surface area contributed by atoms with Crippen LogP contribution in [-0.4, -0.2) is 45.0 Å². The highest BCUT2D eigenvalue weighted by molar-refractivity contribution is 6.36. The number of esters is 1. The molecule has 158 valence electrons. The summed E-state index contributed by atoms with van der Waals surface area (Å²) in [7, 11) is 0. The Balaban J connectivity index is 1.67. The first-order valence-corrected chi connectivity index (χ1v) is 9.90. The quantitative estimate of drug-likeness (QED) is 0.596. The van der Waals surface area contributed by atoms with E-state index in [-0.39, 0.29) is 32.8 Å². The van der Waals surface area contributed by atoms with Gasteiger partial charge in [0.25, 0.3) is 0 Å². The molecule has 2 aliphatic heterocycles. The Bertz CT molecular complexity index is 1150. The number of nitrogens with one attached hydrogen (secondary N) is 2. The van der Waals surface area contributed by atoms with Crippen LogP contribution in [0.25, 0.3) is 22.3 Å². The van der Waals surface area contributed by atoms with Gasteiger partial charge in [0.05, 0.1) is 21.7 Å². The van der Waals surface area contributed by atoms with Crippen LogP contribution in [0.15, 0.2) is 18.5 Å². The topological polar surface area (TPSA) is 84.8 Å². The van der Waals surface area contributed by atoms with Crippen molar-refractivity contribution in [3.05, 3.63) is 29.2 Å². The smallest absolute Gasteiger partial charge is 0.418 e. The molecule has 0 bridgehead atoms. The van der Waals surface area contributed by atoms with E-state index in [0.717, 1.165) is 44.6 Å². The molecular weight excluding hydrogens is 423 g/mol. The van der Waals surface area contributed by atoms with Crippen LogP contribution in [0.2, 0.25) is 5.02 Å². The van der Waals surface area contributed by atoms with E-state index >= 15 is 0 Å². The van der Waals surface area contributed by atoms with Crippen LogP contribution in [0, 0.1) is 0 Å². The Morgan fingerprint density at radius 3 is 2.90 bits per heavy atom. The van der Waals surface area contributed by atoms with Crippen LogP contribution in [0.4, 0.5) is 13.2 Å². The molecule has 30 heavy (non-hydrogen) atoms. The average molecular weight is 440 g/mol. The van der Waals surface area contributed by atoms with Gasteiger partial charge in [0, 0.05) is 36.6 Å². The number of H-pyrrole nitrogens is 1. The molecule has 5 heterocycles. The third-order valence-corrected chi connectivity index (χ3v) is 6.20. The molecule has 0 aromatic carbocycles. The highest BCUT2D eigenvalue weighted by Crippen LogP contribution is 2.44. The number of fused-ring (bicyclic) bond motifs is 3. The predicted octanol–water partition coefficient (Wildman–Crippen LogP) is 3.57. The van der Waals surface area contributed by atoms with Crippen LogP contribution < -0.4 is 10.1 Å². The van der Waals surface area contributed by atoms with Crippen molar-refractivity contribution in [2.45, 2.75) is 37.4 Å². The number of aromatic amines is 1. The molecule has 0 aliphatic carbocycles. The molecule has 1 saturated heterocycles. The van der Waals surface area contributed by atoms with Crippen molar-refractivity contribution >= 4 is 28.6 Å². The Labute approximate surface area is 173 Å². The molecule has 3 aromatic heterocycles. The molecule has 3 aromatic rings. The van der Waals surface area contributed by atoms with Gasteiger partial charge in [-0.05, 0) is 31.9 Å². The van der Waals surface area contributed by atoms with Crippen LogP contribution in [0.5, 0.6) is 5.75 Å². The van der Waals surface area contributed by atoms with Gasteiger partial charge < -0.3 is 15.0 Å². The van der Waals surface area contributed by atoms with Crippen molar-refractivity contribution in [1.29, 1.82) is 0 Å². The molecule has 1 spiro atoms. The molecule has 2 N–H and O–H groups in total. The molecular formula is C19H17ClF3N5O2. The first-order valence-electron chi connectivity index (χ1n) is 9.52. The van der Waals surface area contributed by atoms with Gasteiger partial charge in [-0.2, -0.15) is 18.3 Å². The van der Waals surface area contributed by atoms with Gasteiger partial charge in [-0.25, -0.2) is 9.78 Å². The van der Waals surface area contributed by atoms with Crippen molar-refractivity contribution in [1.82, 2.24) is 25.1 Å². The summed E-state index contributed by atoms with van der Waals surface area (Å²) < 4.78 is 45.5. The van der Waals surface area contributed by atoms with Gasteiger partial charge in [0.15, 0.2) is 5.75 Å². The summed E-state index contributed by atoms with van der Waals surface area (Å²) >= 11 is 6.16. The molecule has 1 unspecified atom stereocenters. The lowest BCUT2D eigenvalue weighted by atomic mass is 9.77. The highest BCUT2D eigenvalue weighted by Gasteiger charge is 2.43. The summed E-state index contributed by atoms with van der Waals surface area (Å²) in [6, 6.07) is 1.86. The molecule has 2 aliphatic rings. The Morgan fingerprint density at radius 2 is 2.17 bits per heavy atom. The molecule has 0 amide bonds. The van der Waals surface area contributed by atoms with E-state index in [0.29, 0.717) is 5.69 Å². The maximum atomic E-state index is 12.9. The average Bonchev–Trinajstić information content (AvgIpc) is 3.41. The van der Waals surface area contributed by atoms with E-state index in [1.165, 1.54) is 12.4 Å². The predicted molar refractivity (Wildman–Crippen MR) is 102 cm³/mol. The molecule has 0 radical (unpaired) electrons. The fourth-order valence-electron chi connectivity index (χ4n) is 4.49. The number of aryl methyl sites for hydroxylation is 1. The van der Waals surface area contributed by atoms with E-state index < -0.39 is 12.1 Å². The minimum atomic E-state index is -5.15. The second kappa shape index (κ2) is 6.71. The molecule has 1 fully saturated rings. The molecule has 7 nitrogen and oxygen atoms in total. The van der Waals surface area contributed by atoms with Crippen LogP contribution >= 0.6 is 11.6 Å². The largest absolute Gasteiger partial charge is 0.491 e. The van der Waals surface area contributed by atoms with Crippen LogP contribution in [0.3, 0.4) is 0 Å². The van der Waals surface area contributed by atoms with E-state index in [1.54, 1.807) is 0 Å². The summed E-state index contributed by atoms with van der Waals surface area (Å²) in [5.41, 5.74) is 1.78. The number of carbonyl (C=O) groups excluding carboxylic acids is 1. The third-order valence-electron chi connectivity index (χ3n) is 5.90. The summed E-state index contributed by atoms with van der Waals surface area (Å²) in [5.74, 6) is -2.63. The van der Waals surface area contributed by atoms with Gasteiger partial charge in [0.2, 0.25) is 0 Å². The fourth-order valence-corrected chi connectivity index (χ4v) is 4.72. The first kappa shape index (κ1) is 19.4. The van der Waals surface area contributed by atoms with Gasteiger partial charge >= 0.3 is 12.1 Å². The van der Waals surface area contributed by atoms with Crippen molar-refractivity contribution < 1.29 is 22.7 Å². The zero-order chi connectivity index (χ0) is 21.1. The molecule has 1 atom stereocenters. The first-order chi connectivity index (χ1) is 14.3. The van der Waals surface area contributed by atoms with Crippen molar-refractivity contribution in [3.8, 4) is 17.0 Å². The fraction of sp³-hybridized carbons (Fsp3) is 0.421. The molecule has 0 saturated carbocycles. The van der Waals surface area contributed by atoms with E-state index in [2.05, 4.69) is 20.4 Å². The lowest BCUT2D eigenvalue weighted by Crippen LogP contribution is -2.35. The zero-order valence-corrected chi connectivity index (χ0v) is 16.4. The summed E-state index contributed by atoms with van der Waals surface area (Å²) in [5, 5.41) is 8.21.